The van der Waals surface area contributed by atoms with Crippen LogP contribution in [0.3, 0.4) is 0 Å². The number of rotatable bonds is 3. The van der Waals surface area contributed by atoms with E-state index in [2.05, 4.69) is 12.1 Å². The van der Waals surface area contributed by atoms with Crippen LogP contribution >= 0.6 is 11.3 Å². The standard InChI is InChI=1S/C23H19NO4S/c25-22-19(10-11-27-22)28-23(26)20-16-7-1-2-9-18(16)24-21-14(5-3-8-17(20)21)13-15-6-4-12-29-15/h1-2,4,6-7,9,12-13,19H,3,5,8,10-11H2/b14-13+. The van der Waals surface area contributed by atoms with E-state index < -0.39 is 18.0 Å². The number of hydrogen-bond acceptors (Lipinski definition) is 6. The first kappa shape index (κ1) is 18.1. The van der Waals surface area contributed by atoms with Gasteiger partial charge in [0, 0.05) is 16.7 Å². The SMILES string of the molecule is O=C(OC1CCOC1=O)c1c2c(nc3ccccc13)/C(=C/c1cccs1)CCC2. The fourth-order valence-electron chi connectivity index (χ4n) is 4.03. The van der Waals surface area contributed by atoms with E-state index in [4.69, 9.17) is 14.5 Å². The van der Waals surface area contributed by atoms with E-state index in [1.807, 2.05) is 35.7 Å². The Morgan fingerprint density at radius 1 is 1.21 bits per heavy atom. The zero-order valence-electron chi connectivity index (χ0n) is 15.7. The highest BCUT2D eigenvalue weighted by Gasteiger charge is 2.33. The van der Waals surface area contributed by atoms with Gasteiger partial charge in [0.25, 0.3) is 0 Å². The smallest absolute Gasteiger partial charge is 0.347 e. The monoisotopic (exact) mass is 405 g/mol. The topological polar surface area (TPSA) is 65.5 Å². The molecule has 0 amide bonds. The number of esters is 2. The van der Waals surface area contributed by atoms with Gasteiger partial charge in [-0.2, -0.15) is 0 Å². The van der Waals surface area contributed by atoms with Crippen LogP contribution in [0.5, 0.6) is 0 Å². The number of para-hydroxylation sites is 1. The molecule has 146 valence electrons. The highest BCUT2D eigenvalue weighted by Crippen LogP contribution is 2.37. The maximum Gasteiger partial charge on any atom is 0.347 e. The van der Waals surface area contributed by atoms with Crippen molar-refractivity contribution in [2.75, 3.05) is 6.61 Å². The van der Waals surface area contributed by atoms with Gasteiger partial charge in [-0.05, 0) is 54.0 Å². The second-order valence-electron chi connectivity index (χ2n) is 7.22. The van der Waals surface area contributed by atoms with Crippen molar-refractivity contribution in [3.8, 4) is 0 Å². The van der Waals surface area contributed by atoms with Crippen LogP contribution in [-0.2, 0) is 20.7 Å². The number of allylic oxidation sites excluding steroid dienone is 1. The van der Waals surface area contributed by atoms with Crippen molar-refractivity contribution in [3.63, 3.8) is 0 Å². The lowest BCUT2D eigenvalue weighted by Gasteiger charge is -2.22. The Morgan fingerprint density at radius 3 is 2.90 bits per heavy atom. The van der Waals surface area contributed by atoms with E-state index >= 15 is 0 Å². The molecule has 29 heavy (non-hydrogen) atoms. The van der Waals surface area contributed by atoms with Gasteiger partial charge in [0.1, 0.15) is 0 Å². The molecule has 1 atom stereocenters. The Bertz CT molecular complexity index is 1130. The number of aromatic nitrogens is 1. The van der Waals surface area contributed by atoms with Crippen molar-refractivity contribution in [3.05, 3.63) is 63.5 Å². The summed E-state index contributed by atoms with van der Waals surface area (Å²) < 4.78 is 10.5. The minimum Gasteiger partial charge on any atom is -0.463 e. The summed E-state index contributed by atoms with van der Waals surface area (Å²) >= 11 is 1.68. The van der Waals surface area contributed by atoms with Crippen molar-refractivity contribution >= 4 is 45.8 Å². The molecule has 0 N–H and O–H groups in total. The van der Waals surface area contributed by atoms with E-state index in [0.29, 0.717) is 18.6 Å². The lowest BCUT2D eigenvalue weighted by Crippen LogP contribution is -2.24. The summed E-state index contributed by atoms with van der Waals surface area (Å²) in [6, 6.07) is 11.7. The molecular formula is C23H19NO4S. The van der Waals surface area contributed by atoms with E-state index in [1.165, 1.54) is 4.88 Å². The molecule has 3 aromatic rings. The summed E-state index contributed by atoms with van der Waals surface area (Å²) in [5.74, 6) is -0.940. The molecule has 0 bridgehead atoms. The summed E-state index contributed by atoms with van der Waals surface area (Å²) in [4.78, 5) is 31.1. The number of fused-ring (bicyclic) bond motifs is 2. The van der Waals surface area contributed by atoms with Crippen molar-refractivity contribution in [1.82, 2.24) is 4.98 Å². The summed E-state index contributed by atoms with van der Waals surface area (Å²) in [6.07, 6.45) is 4.35. The van der Waals surface area contributed by atoms with Gasteiger partial charge < -0.3 is 9.47 Å². The van der Waals surface area contributed by atoms with Crippen molar-refractivity contribution < 1.29 is 19.1 Å². The van der Waals surface area contributed by atoms with Gasteiger partial charge in [-0.15, -0.1) is 11.3 Å². The zero-order valence-corrected chi connectivity index (χ0v) is 16.5. The van der Waals surface area contributed by atoms with Gasteiger partial charge in [-0.3, -0.25) is 0 Å². The molecule has 5 nitrogen and oxygen atoms in total. The number of thiophene rings is 1. The lowest BCUT2D eigenvalue weighted by molar-refractivity contribution is -0.145. The Hall–Kier alpha value is -2.99. The average Bonchev–Trinajstić information content (AvgIpc) is 3.38. The van der Waals surface area contributed by atoms with Crippen LogP contribution in [0.25, 0.3) is 22.6 Å². The van der Waals surface area contributed by atoms with E-state index in [1.54, 1.807) is 11.3 Å². The number of nitrogens with zero attached hydrogens (tertiary/aromatic N) is 1. The molecule has 0 spiro atoms. The quantitative estimate of drug-likeness (QED) is 0.594. The molecule has 1 unspecified atom stereocenters. The number of cyclic esters (lactones) is 1. The third-order valence-corrected chi connectivity index (χ3v) is 6.19. The van der Waals surface area contributed by atoms with Crippen LogP contribution < -0.4 is 0 Å². The average molecular weight is 405 g/mol. The first-order chi connectivity index (χ1) is 14.2. The van der Waals surface area contributed by atoms with Gasteiger partial charge in [0.15, 0.2) is 0 Å². The molecule has 1 aliphatic heterocycles. The number of pyridine rings is 1. The first-order valence-corrected chi connectivity index (χ1v) is 10.6. The highest BCUT2D eigenvalue weighted by molar-refractivity contribution is 7.10. The Labute approximate surface area is 172 Å². The molecule has 1 aliphatic carbocycles. The predicted octanol–water partition coefficient (Wildman–Crippen LogP) is 4.65. The number of carbonyl (C=O) groups excluding carboxylic acids is 2. The van der Waals surface area contributed by atoms with Gasteiger partial charge in [0.05, 0.1) is 23.4 Å². The number of ether oxygens (including phenoxy) is 2. The maximum absolute atomic E-state index is 13.2. The first-order valence-electron chi connectivity index (χ1n) is 9.74. The molecule has 2 aromatic heterocycles. The number of carbonyl (C=O) groups is 2. The Morgan fingerprint density at radius 2 is 2.10 bits per heavy atom. The molecular weight excluding hydrogens is 386 g/mol. The summed E-state index contributed by atoms with van der Waals surface area (Å²) in [5, 5.41) is 2.81. The van der Waals surface area contributed by atoms with E-state index in [-0.39, 0.29) is 0 Å². The number of benzene rings is 1. The third kappa shape index (κ3) is 3.34. The van der Waals surface area contributed by atoms with Gasteiger partial charge >= 0.3 is 11.9 Å². The second kappa shape index (κ2) is 7.44. The summed E-state index contributed by atoms with van der Waals surface area (Å²) in [6.45, 7) is 0.291. The van der Waals surface area contributed by atoms with Crippen LogP contribution in [0.15, 0.2) is 41.8 Å². The van der Waals surface area contributed by atoms with E-state index in [0.717, 1.165) is 47.0 Å². The van der Waals surface area contributed by atoms with Gasteiger partial charge in [-0.25, -0.2) is 14.6 Å². The van der Waals surface area contributed by atoms with E-state index in [9.17, 15) is 9.59 Å². The van der Waals surface area contributed by atoms with Gasteiger partial charge in [0.2, 0.25) is 6.10 Å². The largest absolute Gasteiger partial charge is 0.463 e. The Balaban J connectivity index is 1.65. The molecule has 1 aromatic carbocycles. The van der Waals surface area contributed by atoms with Crippen molar-refractivity contribution in [2.45, 2.75) is 31.8 Å². The maximum atomic E-state index is 13.2. The normalized spacial score (nSPS) is 19.9. The third-order valence-electron chi connectivity index (χ3n) is 5.37. The number of hydrogen-bond donors (Lipinski definition) is 0. The molecule has 0 radical (unpaired) electrons. The zero-order chi connectivity index (χ0) is 19.8. The molecule has 1 fully saturated rings. The van der Waals surface area contributed by atoms with Crippen molar-refractivity contribution in [2.24, 2.45) is 0 Å². The highest BCUT2D eigenvalue weighted by atomic mass is 32.1. The molecule has 0 saturated carbocycles. The van der Waals surface area contributed by atoms with Crippen LogP contribution in [-0.4, -0.2) is 29.6 Å². The molecule has 3 heterocycles. The van der Waals surface area contributed by atoms with Crippen LogP contribution in [0.1, 0.15) is 45.8 Å². The second-order valence-corrected chi connectivity index (χ2v) is 8.20. The molecule has 5 rings (SSSR count). The minimum absolute atomic E-state index is 0.291. The lowest BCUT2D eigenvalue weighted by atomic mass is 9.86. The Kier molecular flexibility index (Phi) is 4.64. The fourth-order valence-corrected chi connectivity index (χ4v) is 4.71. The summed E-state index contributed by atoms with van der Waals surface area (Å²) in [5.41, 5.74) is 4.19. The predicted molar refractivity (Wildman–Crippen MR) is 112 cm³/mol. The minimum atomic E-state index is -0.824. The van der Waals surface area contributed by atoms with Crippen molar-refractivity contribution in [1.29, 1.82) is 0 Å². The fraction of sp³-hybridized carbons (Fsp3) is 0.261. The van der Waals surface area contributed by atoms with Crippen LogP contribution in [0.2, 0.25) is 0 Å². The van der Waals surface area contributed by atoms with Crippen LogP contribution in [0, 0.1) is 0 Å². The molecule has 2 aliphatic rings. The van der Waals surface area contributed by atoms with Gasteiger partial charge in [-0.1, -0.05) is 24.3 Å². The molecule has 6 heteroatoms. The summed E-state index contributed by atoms with van der Waals surface area (Å²) in [7, 11) is 0. The van der Waals surface area contributed by atoms with Crippen LogP contribution in [0.4, 0.5) is 0 Å². The molecule has 1 saturated heterocycles.